The van der Waals surface area contributed by atoms with Crippen LogP contribution >= 0.6 is 23.2 Å². The third-order valence-corrected chi connectivity index (χ3v) is 5.75. The Bertz CT molecular complexity index is 1300. The summed E-state index contributed by atoms with van der Waals surface area (Å²) in [6.45, 7) is 3.70. The topological polar surface area (TPSA) is 78.5 Å². The van der Waals surface area contributed by atoms with Gasteiger partial charge in [0.2, 0.25) is 0 Å². The molecule has 0 saturated heterocycles. The largest absolute Gasteiger partial charge is 0.350 e. The van der Waals surface area contributed by atoms with Crippen molar-refractivity contribution in [1.29, 1.82) is 0 Å². The molecule has 0 aromatic heterocycles. The Morgan fingerprint density at radius 2 is 1.45 bits per heavy atom. The van der Waals surface area contributed by atoms with E-state index in [4.69, 9.17) is 23.2 Å². The van der Waals surface area contributed by atoms with Gasteiger partial charge in [-0.1, -0.05) is 35.3 Å². The van der Waals surface area contributed by atoms with E-state index in [1.807, 2.05) is 26.0 Å². The van der Waals surface area contributed by atoms with Gasteiger partial charge >= 0.3 is 0 Å². The summed E-state index contributed by atoms with van der Waals surface area (Å²) < 4.78 is 0. The molecular weight excluding hydrogens is 461 g/mol. The highest BCUT2D eigenvalue weighted by atomic mass is 35.5. The highest BCUT2D eigenvalue weighted by molar-refractivity contribution is 6.53. The van der Waals surface area contributed by atoms with Crippen LogP contribution in [0, 0.1) is 13.8 Å². The molecule has 2 N–H and O–H groups in total. The van der Waals surface area contributed by atoms with E-state index in [1.165, 1.54) is 0 Å². The number of amides is 3. The third kappa shape index (κ3) is 4.62. The van der Waals surface area contributed by atoms with Crippen LogP contribution in [-0.2, 0) is 9.59 Å². The molecule has 3 aromatic carbocycles. The Morgan fingerprint density at radius 3 is 2.12 bits per heavy atom. The molecule has 0 aliphatic carbocycles. The predicted molar refractivity (Wildman–Crippen MR) is 131 cm³/mol. The monoisotopic (exact) mass is 479 g/mol. The number of halogens is 2. The van der Waals surface area contributed by atoms with E-state index in [-0.39, 0.29) is 16.6 Å². The standard InChI is InChI=1S/C25H19Cl2N3O3/c1-14-3-4-15(2)20(13-14)30-24(32)21(27)22(25(30)33)28-18-9-5-16(6-10-18)23(31)29-19-11-7-17(26)8-12-19/h3-13,28H,1-2H3,(H,29,31). The first kappa shape index (κ1) is 22.6. The smallest absolute Gasteiger partial charge is 0.283 e. The minimum absolute atomic E-state index is 0.0130. The van der Waals surface area contributed by atoms with Crippen LogP contribution in [0.4, 0.5) is 17.1 Å². The molecule has 3 amide bonds. The van der Waals surface area contributed by atoms with Gasteiger partial charge in [0.15, 0.2) is 0 Å². The van der Waals surface area contributed by atoms with E-state index in [9.17, 15) is 14.4 Å². The highest BCUT2D eigenvalue weighted by Gasteiger charge is 2.39. The zero-order chi connectivity index (χ0) is 23.7. The van der Waals surface area contributed by atoms with Crippen molar-refractivity contribution < 1.29 is 14.4 Å². The molecule has 1 heterocycles. The highest BCUT2D eigenvalue weighted by Crippen LogP contribution is 2.32. The number of nitrogens with zero attached hydrogens (tertiary/aromatic N) is 1. The van der Waals surface area contributed by atoms with Gasteiger partial charge in [-0.15, -0.1) is 0 Å². The third-order valence-electron chi connectivity index (χ3n) is 5.15. The van der Waals surface area contributed by atoms with Crippen molar-refractivity contribution in [3.63, 3.8) is 0 Å². The summed E-state index contributed by atoms with van der Waals surface area (Å²) in [5.74, 6) is -1.42. The Morgan fingerprint density at radius 1 is 0.818 bits per heavy atom. The van der Waals surface area contributed by atoms with Gasteiger partial charge in [-0.2, -0.15) is 0 Å². The van der Waals surface area contributed by atoms with Crippen LogP contribution in [0.25, 0.3) is 0 Å². The maximum Gasteiger partial charge on any atom is 0.283 e. The number of aryl methyl sites for hydroxylation is 2. The molecule has 0 unspecified atom stereocenters. The van der Waals surface area contributed by atoms with E-state index in [0.717, 1.165) is 16.0 Å². The normalized spacial score (nSPS) is 13.5. The van der Waals surface area contributed by atoms with Crippen LogP contribution in [0.2, 0.25) is 5.02 Å². The van der Waals surface area contributed by atoms with Gasteiger partial charge in [0.25, 0.3) is 17.7 Å². The van der Waals surface area contributed by atoms with Crippen molar-refractivity contribution in [1.82, 2.24) is 0 Å². The quantitative estimate of drug-likeness (QED) is 0.463. The van der Waals surface area contributed by atoms with Gasteiger partial charge in [0.05, 0.1) is 5.69 Å². The van der Waals surface area contributed by atoms with Gasteiger partial charge in [0, 0.05) is 22.0 Å². The second kappa shape index (κ2) is 9.10. The Kier molecular flexibility index (Phi) is 6.22. The Hall–Kier alpha value is -3.61. The van der Waals surface area contributed by atoms with Crippen LogP contribution in [-0.4, -0.2) is 17.7 Å². The first-order valence-electron chi connectivity index (χ1n) is 10.0. The second-order valence-corrected chi connectivity index (χ2v) is 8.40. The van der Waals surface area contributed by atoms with Gasteiger partial charge in [-0.05, 0) is 79.6 Å². The number of anilines is 3. The lowest BCUT2D eigenvalue weighted by molar-refractivity contribution is -0.120. The fourth-order valence-electron chi connectivity index (χ4n) is 3.38. The maximum atomic E-state index is 13.0. The first-order chi connectivity index (χ1) is 15.7. The molecule has 8 heteroatoms. The van der Waals surface area contributed by atoms with Crippen LogP contribution in [0.1, 0.15) is 21.5 Å². The summed E-state index contributed by atoms with van der Waals surface area (Å²) in [7, 11) is 0. The molecule has 1 aliphatic rings. The molecule has 0 saturated carbocycles. The molecule has 0 atom stereocenters. The number of rotatable bonds is 5. The number of hydrogen-bond donors (Lipinski definition) is 2. The molecule has 0 bridgehead atoms. The number of carbonyl (C=O) groups is 3. The van der Waals surface area contributed by atoms with Crippen molar-refractivity contribution in [3.05, 3.63) is 99.2 Å². The summed E-state index contributed by atoms with van der Waals surface area (Å²) in [6.07, 6.45) is 0. The summed E-state index contributed by atoms with van der Waals surface area (Å²) in [5, 5.41) is 6.08. The van der Waals surface area contributed by atoms with Gasteiger partial charge in [-0.25, -0.2) is 4.90 Å². The summed E-state index contributed by atoms with van der Waals surface area (Å²) in [6, 6.07) is 18.8. The van der Waals surface area contributed by atoms with Gasteiger partial charge < -0.3 is 10.6 Å². The van der Waals surface area contributed by atoms with Crippen molar-refractivity contribution in [3.8, 4) is 0 Å². The van der Waals surface area contributed by atoms with Gasteiger partial charge in [0.1, 0.15) is 10.7 Å². The number of nitrogens with one attached hydrogen (secondary N) is 2. The lowest BCUT2D eigenvalue weighted by Gasteiger charge is -2.18. The minimum atomic E-state index is -0.586. The number of carbonyl (C=O) groups excluding carboxylic acids is 3. The fraction of sp³-hybridized carbons (Fsp3) is 0.0800. The van der Waals surface area contributed by atoms with Crippen molar-refractivity contribution in [2.24, 2.45) is 0 Å². The summed E-state index contributed by atoms with van der Waals surface area (Å²) in [5.41, 5.74) is 3.72. The molecule has 33 heavy (non-hydrogen) atoms. The molecule has 166 valence electrons. The van der Waals surface area contributed by atoms with E-state index in [2.05, 4.69) is 10.6 Å². The zero-order valence-electron chi connectivity index (χ0n) is 17.8. The molecule has 0 fully saturated rings. The summed E-state index contributed by atoms with van der Waals surface area (Å²) >= 11 is 12.1. The van der Waals surface area contributed by atoms with Crippen molar-refractivity contribution in [2.75, 3.05) is 15.5 Å². The van der Waals surface area contributed by atoms with E-state index >= 15 is 0 Å². The molecule has 6 nitrogen and oxygen atoms in total. The molecule has 1 aliphatic heterocycles. The summed E-state index contributed by atoms with van der Waals surface area (Å²) in [4.78, 5) is 39.3. The van der Waals surface area contributed by atoms with Crippen molar-refractivity contribution >= 4 is 58.0 Å². The van der Waals surface area contributed by atoms with Crippen LogP contribution in [0.5, 0.6) is 0 Å². The Balaban J connectivity index is 1.50. The lowest BCUT2D eigenvalue weighted by atomic mass is 10.1. The predicted octanol–water partition coefficient (Wildman–Crippen LogP) is 5.64. The Labute approximate surface area is 200 Å². The molecule has 4 rings (SSSR count). The van der Waals surface area contributed by atoms with E-state index < -0.39 is 11.8 Å². The maximum absolute atomic E-state index is 13.0. The number of hydrogen-bond acceptors (Lipinski definition) is 4. The van der Waals surface area contributed by atoms with Crippen LogP contribution in [0.3, 0.4) is 0 Å². The molecular formula is C25H19Cl2N3O3. The average molecular weight is 480 g/mol. The molecule has 0 spiro atoms. The average Bonchev–Trinajstić information content (AvgIpc) is 3.00. The van der Waals surface area contributed by atoms with E-state index in [1.54, 1.807) is 54.6 Å². The zero-order valence-corrected chi connectivity index (χ0v) is 19.3. The molecule has 0 radical (unpaired) electrons. The van der Waals surface area contributed by atoms with Gasteiger partial charge in [-0.3, -0.25) is 14.4 Å². The minimum Gasteiger partial charge on any atom is -0.350 e. The van der Waals surface area contributed by atoms with E-state index in [0.29, 0.717) is 27.6 Å². The number of benzene rings is 3. The lowest BCUT2D eigenvalue weighted by Crippen LogP contribution is -2.32. The fourth-order valence-corrected chi connectivity index (χ4v) is 3.71. The van der Waals surface area contributed by atoms with Crippen molar-refractivity contribution in [2.45, 2.75) is 13.8 Å². The number of imide groups is 1. The second-order valence-electron chi connectivity index (χ2n) is 7.59. The molecule has 3 aromatic rings. The first-order valence-corrected chi connectivity index (χ1v) is 10.8. The van der Waals surface area contributed by atoms with Crippen LogP contribution in [0.15, 0.2) is 77.5 Å². The van der Waals surface area contributed by atoms with Crippen LogP contribution < -0.4 is 15.5 Å². The SMILES string of the molecule is Cc1ccc(C)c(N2C(=O)C(Cl)=C(Nc3ccc(C(=O)Nc4ccc(Cl)cc4)cc3)C2=O)c1.